The van der Waals surface area contributed by atoms with Crippen molar-refractivity contribution in [2.75, 3.05) is 6.61 Å². The predicted octanol–water partition coefficient (Wildman–Crippen LogP) is 2.84. The van der Waals surface area contributed by atoms with Gasteiger partial charge in [-0.2, -0.15) is 0 Å². The molecule has 3 nitrogen and oxygen atoms in total. The van der Waals surface area contributed by atoms with Crippen LogP contribution in [-0.4, -0.2) is 17.6 Å². The van der Waals surface area contributed by atoms with Crippen molar-refractivity contribution in [2.24, 2.45) is 0 Å². The van der Waals surface area contributed by atoms with Crippen molar-refractivity contribution in [3.8, 4) is 0 Å². The van der Waals surface area contributed by atoms with Crippen LogP contribution in [0.15, 0.2) is 22.7 Å². The van der Waals surface area contributed by atoms with Crippen molar-refractivity contribution < 1.29 is 9.90 Å². The number of fused-ring (bicyclic) bond motifs is 1. The summed E-state index contributed by atoms with van der Waals surface area (Å²) in [7, 11) is 0. The van der Waals surface area contributed by atoms with E-state index in [1.807, 2.05) is 32.9 Å². The molecule has 0 bridgehead atoms. The number of benzene rings is 1. The van der Waals surface area contributed by atoms with Gasteiger partial charge in [-0.05, 0) is 49.9 Å². The second kappa shape index (κ2) is 4.91. The van der Waals surface area contributed by atoms with Crippen LogP contribution in [0, 0.1) is 0 Å². The third kappa shape index (κ3) is 2.21. The van der Waals surface area contributed by atoms with Crippen molar-refractivity contribution in [3.63, 3.8) is 0 Å². The summed E-state index contributed by atoms with van der Waals surface area (Å²) in [5.74, 6) is 0.0136. The Bertz CT molecular complexity index is 513. The smallest absolute Gasteiger partial charge is 0.231 e. The Hall–Kier alpha value is -0.870. The standard InChI is InChI=1S/C15H20BrNO2/c1-4-15(7-8-18)12-9-10(16)5-6-11(12)14(2,3)17-13(15)19/h5-6,9,18H,4,7-8H2,1-3H3,(H,17,19). The minimum atomic E-state index is -0.622. The van der Waals surface area contributed by atoms with Crippen LogP contribution in [0.5, 0.6) is 0 Å². The van der Waals surface area contributed by atoms with Crippen molar-refractivity contribution in [3.05, 3.63) is 33.8 Å². The minimum Gasteiger partial charge on any atom is -0.396 e. The molecule has 0 aliphatic carbocycles. The van der Waals surface area contributed by atoms with Crippen LogP contribution >= 0.6 is 15.9 Å². The minimum absolute atomic E-state index is 0.00758. The number of hydrogen-bond acceptors (Lipinski definition) is 2. The maximum absolute atomic E-state index is 12.6. The van der Waals surface area contributed by atoms with Crippen molar-refractivity contribution in [1.29, 1.82) is 0 Å². The molecule has 104 valence electrons. The quantitative estimate of drug-likeness (QED) is 0.897. The number of aliphatic hydroxyl groups excluding tert-OH is 1. The third-order valence-electron chi connectivity index (χ3n) is 4.17. The van der Waals surface area contributed by atoms with E-state index in [1.165, 1.54) is 0 Å². The molecule has 0 saturated heterocycles. The summed E-state index contributed by atoms with van der Waals surface area (Å²) in [6, 6.07) is 6.08. The van der Waals surface area contributed by atoms with Gasteiger partial charge in [0.05, 0.1) is 11.0 Å². The first-order chi connectivity index (χ1) is 8.87. The van der Waals surface area contributed by atoms with E-state index in [0.29, 0.717) is 12.8 Å². The monoisotopic (exact) mass is 325 g/mol. The molecule has 1 aromatic rings. The molecule has 0 radical (unpaired) electrons. The van der Waals surface area contributed by atoms with Gasteiger partial charge in [-0.3, -0.25) is 4.79 Å². The molecule has 2 rings (SSSR count). The highest BCUT2D eigenvalue weighted by Gasteiger charge is 2.47. The number of halogens is 1. The summed E-state index contributed by atoms with van der Waals surface area (Å²) in [5, 5.41) is 12.5. The molecule has 1 aliphatic rings. The number of hydrogen-bond donors (Lipinski definition) is 2. The van der Waals surface area contributed by atoms with Crippen LogP contribution in [0.3, 0.4) is 0 Å². The molecule has 1 amide bonds. The number of nitrogens with one attached hydrogen (secondary N) is 1. The number of carbonyl (C=O) groups is 1. The molecule has 1 heterocycles. The Labute approximate surface area is 122 Å². The average Bonchev–Trinajstić information content (AvgIpc) is 2.33. The van der Waals surface area contributed by atoms with Gasteiger partial charge in [-0.25, -0.2) is 0 Å². The van der Waals surface area contributed by atoms with Crippen molar-refractivity contribution >= 4 is 21.8 Å². The Morgan fingerprint density at radius 3 is 2.58 bits per heavy atom. The zero-order chi connectivity index (χ0) is 14.3. The molecular formula is C15H20BrNO2. The molecule has 19 heavy (non-hydrogen) atoms. The molecular weight excluding hydrogens is 306 g/mol. The lowest BCUT2D eigenvalue weighted by molar-refractivity contribution is -0.130. The first-order valence-corrected chi connectivity index (χ1v) is 7.40. The Morgan fingerprint density at radius 1 is 1.32 bits per heavy atom. The fraction of sp³-hybridized carbons (Fsp3) is 0.533. The lowest BCUT2D eigenvalue weighted by Gasteiger charge is -2.44. The largest absolute Gasteiger partial charge is 0.396 e. The second-order valence-corrected chi connectivity index (χ2v) is 6.59. The number of carbonyl (C=O) groups excluding carboxylic acids is 1. The lowest BCUT2D eigenvalue weighted by atomic mass is 9.67. The Balaban J connectivity index is 2.71. The van der Waals surface area contributed by atoms with Crippen LogP contribution < -0.4 is 5.32 Å². The molecule has 0 fully saturated rings. The van der Waals surface area contributed by atoms with E-state index in [-0.39, 0.29) is 18.1 Å². The third-order valence-corrected chi connectivity index (χ3v) is 4.67. The van der Waals surface area contributed by atoms with E-state index in [0.717, 1.165) is 15.6 Å². The van der Waals surface area contributed by atoms with Gasteiger partial charge in [0.2, 0.25) is 5.91 Å². The summed E-state index contributed by atoms with van der Waals surface area (Å²) in [4.78, 5) is 12.6. The first-order valence-electron chi connectivity index (χ1n) is 6.61. The highest BCUT2D eigenvalue weighted by atomic mass is 79.9. The van der Waals surface area contributed by atoms with Gasteiger partial charge in [-0.15, -0.1) is 0 Å². The van der Waals surface area contributed by atoms with E-state index >= 15 is 0 Å². The summed E-state index contributed by atoms with van der Waals surface area (Å²) in [6.07, 6.45) is 1.13. The van der Waals surface area contributed by atoms with Gasteiger partial charge in [0.15, 0.2) is 0 Å². The molecule has 2 N–H and O–H groups in total. The van der Waals surface area contributed by atoms with Gasteiger partial charge >= 0.3 is 0 Å². The highest BCUT2D eigenvalue weighted by Crippen LogP contribution is 2.43. The van der Waals surface area contributed by atoms with Gasteiger partial charge in [0.25, 0.3) is 0 Å². The lowest BCUT2D eigenvalue weighted by Crippen LogP contribution is -2.57. The van der Waals surface area contributed by atoms with Gasteiger partial charge < -0.3 is 10.4 Å². The highest BCUT2D eigenvalue weighted by molar-refractivity contribution is 9.10. The topological polar surface area (TPSA) is 49.3 Å². The van der Waals surface area contributed by atoms with Crippen LogP contribution in [0.2, 0.25) is 0 Å². The summed E-state index contributed by atoms with van der Waals surface area (Å²) >= 11 is 3.49. The van der Waals surface area contributed by atoms with E-state index in [1.54, 1.807) is 0 Å². The number of rotatable bonds is 3. The molecule has 1 aliphatic heterocycles. The molecule has 0 saturated carbocycles. The van der Waals surface area contributed by atoms with Crippen LogP contribution in [-0.2, 0) is 15.7 Å². The summed E-state index contributed by atoms with van der Waals surface area (Å²) in [6.45, 7) is 6.03. The molecule has 1 atom stereocenters. The summed E-state index contributed by atoms with van der Waals surface area (Å²) < 4.78 is 0.965. The van der Waals surface area contributed by atoms with Crippen LogP contribution in [0.25, 0.3) is 0 Å². The molecule has 0 aromatic heterocycles. The maximum Gasteiger partial charge on any atom is 0.231 e. The Morgan fingerprint density at radius 2 is 2.00 bits per heavy atom. The second-order valence-electron chi connectivity index (χ2n) is 5.68. The van der Waals surface area contributed by atoms with Crippen molar-refractivity contribution in [2.45, 2.75) is 44.6 Å². The zero-order valence-corrected chi connectivity index (χ0v) is 13.2. The van der Waals surface area contributed by atoms with Crippen LogP contribution in [0.4, 0.5) is 0 Å². The fourth-order valence-electron chi connectivity index (χ4n) is 3.02. The van der Waals surface area contributed by atoms with Gasteiger partial charge in [0.1, 0.15) is 0 Å². The predicted molar refractivity (Wildman–Crippen MR) is 79.0 cm³/mol. The number of aliphatic hydroxyl groups is 1. The first kappa shape index (κ1) is 14.5. The Kier molecular flexibility index (Phi) is 3.76. The van der Waals surface area contributed by atoms with E-state index in [9.17, 15) is 9.90 Å². The van der Waals surface area contributed by atoms with Gasteiger partial charge in [0, 0.05) is 11.1 Å². The van der Waals surface area contributed by atoms with E-state index in [2.05, 4.69) is 27.3 Å². The molecule has 1 aromatic carbocycles. The average molecular weight is 326 g/mol. The number of amides is 1. The SMILES string of the molecule is CCC1(CCO)C(=O)NC(C)(C)c2ccc(Br)cc21. The van der Waals surface area contributed by atoms with E-state index in [4.69, 9.17) is 0 Å². The van der Waals surface area contributed by atoms with Crippen molar-refractivity contribution in [1.82, 2.24) is 5.32 Å². The van der Waals surface area contributed by atoms with E-state index < -0.39 is 5.41 Å². The molecule has 4 heteroatoms. The maximum atomic E-state index is 12.6. The van der Waals surface area contributed by atoms with Crippen LogP contribution in [0.1, 0.15) is 44.7 Å². The molecule has 1 unspecified atom stereocenters. The fourth-order valence-corrected chi connectivity index (χ4v) is 3.38. The van der Waals surface area contributed by atoms with Gasteiger partial charge in [-0.1, -0.05) is 28.9 Å². The normalized spacial score (nSPS) is 24.8. The molecule has 0 spiro atoms. The zero-order valence-electron chi connectivity index (χ0n) is 11.6. The summed E-state index contributed by atoms with van der Waals surface area (Å²) in [5.41, 5.74) is 1.17.